The summed E-state index contributed by atoms with van der Waals surface area (Å²) in [5.41, 5.74) is 3.60. The summed E-state index contributed by atoms with van der Waals surface area (Å²) < 4.78 is 0. The van der Waals surface area contributed by atoms with Gasteiger partial charge in [-0.15, -0.1) is 0 Å². The molecule has 1 N–H and O–H groups in total. The van der Waals surface area contributed by atoms with E-state index in [0.717, 1.165) is 29.7 Å². The van der Waals surface area contributed by atoms with Gasteiger partial charge in [-0.2, -0.15) is 0 Å². The first kappa shape index (κ1) is 20.8. The first-order chi connectivity index (χ1) is 13.9. The number of amides is 2. The summed E-state index contributed by atoms with van der Waals surface area (Å²) in [6, 6.07) is 15.2. The number of likely N-dealkylation sites (tertiary alicyclic amines) is 1. The van der Waals surface area contributed by atoms with E-state index in [1.807, 2.05) is 62.4 Å². The van der Waals surface area contributed by atoms with Gasteiger partial charge in [0.05, 0.1) is 6.04 Å². The molecule has 1 atom stereocenters. The van der Waals surface area contributed by atoms with Crippen molar-refractivity contribution in [2.75, 3.05) is 13.1 Å². The Bertz CT molecular complexity index is 892. The fraction of sp³-hybridized carbons (Fsp3) is 0.375. The Morgan fingerprint density at radius 3 is 2.52 bits per heavy atom. The summed E-state index contributed by atoms with van der Waals surface area (Å²) in [4.78, 5) is 39.0. The van der Waals surface area contributed by atoms with E-state index in [1.165, 1.54) is 0 Å². The summed E-state index contributed by atoms with van der Waals surface area (Å²) in [6.45, 7) is 5.04. The van der Waals surface area contributed by atoms with Gasteiger partial charge in [-0.25, -0.2) is 0 Å². The molecule has 0 aromatic heterocycles. The molecule has 1 saturated heterocycles. The van der Waals surface area contributed by atoms with E-state index in [1.54, 1.807) is 4.90 Å². The number of rotatable bonds is 8. The zero-order valence-corrected chi connectivity index (χ0v) is 17.1. The number of benzene rings is 2. The van der Waals surface area contributed by atoms with Crippen LogP contribution in [0.1, 0.15) is 58.8 Å². The van der Waals surface area contributed by atoms with Crippen molar-refractivity contribution in [1.82, 2.24) is 10.2 Å². The summed E-state index contributed by atoms with van der Waals surface area (Å²) in [7, 11) is 0. The van der Waals surface area contributed by atoms with Gasteiger partial charge in [-0.05, 0) is 37.5 Å². The van der Waals surface area contributed by atoms with E-state index in [2.05, 4.69) is 5.32 Å². The number of carbonyl (C=O) groups is 3. The normalized spacial score (nSPS) is 14.7. The third kappa shape index (κ3) is 5.53. The van der Waals surface area contributed by atoms with E-state index in [9.17, 15) is 14.4 Å². The first-order valence-corrected chi connectivity index (χ1v) is 10.2. The second kappa shape index (κ2) is 9.50. The molecule has 0 radical (unpaired) electrons. The molecule has 3 rings (SSSR count). The van der Waals surface area contributed by atoms with Gasteiger partial charge in [0.25, 0.3) is 0 Å². The maximum atomic E-state index is 12.6. The fourth-order valence-electron chi connectivity index (χ4n) is 3.70. The molecule has 0 bridgehead atoms. The van der Waals surface area contributed by atoms with Gasteiger partial charge in [0.2, 0.25) is 11.8 Å². The first-order valence-electron chi connectivity index (χ1n) is 10.2. The average molecular weight is 392 g/mol. The van der Waals surface area contributed by atoms with Crippen molar-refractivity contribution in [2.45, 2.75) is 45.6 Å². The lowest BCUT2D eigenvalue weighted by Gasteiger charge is -2.25. The molecule has 2 amide bonds. The quantitative estimate of drug-likeness (QED) is 0.696. The summed E-state index contributed by atoms with van der Waals surface area (Å²) in [6.07, 6.45) is 1.72. The Balaban J connectivity index is 1.62. The minimum atomic E-state index is -0.276. The van der Waals surface area contributed by atoms with Gasteiger partial charge in [0, 0.05) is 37.9 Å². The number of ketones is 1. The van der Waals surface area contributed by atoms with E-state index in [-0.39, 0.29) is 36.5 Å². The number of nitrogens with one attached hydrogen (secondary N) is 1. The monoisotopic (exact) mass is 392 g/mol. The van der Waals surface area contributed by atoms with Crippen LogP contribution in [0, 0.1) is 13.8 Å². The van der Waals surface area contributed by atoms with E-state index >= 15 is 0 Å². The van der Waals surface area contributed by atoms with Gasteiger partial charge < -0.3 is 10.2 Å². The number of aryl methyl sites for hydroxylation is 2. The standard InChI is InChI=1S/C24H28N2O3/c1-17-10-11-18(2)20(15-17)22(27)12-13-23(28)25-21(19-7-4-3-5-8-19)16-26-14-6-9-24(26)29/h3-5,7-8,10-11,15,21H,6,9,12-14,16H2,1-2H3,(H,25,28)/t21-/m1/s1. The average Bonchev–Trinajstić information content (AvgIpc) is 3.12. The molecule has 0 saturated carbocycles. The fourth-order valence-corrected chi connectivity index (χ4v) is 3.70. The molecule has 0 aliphatic carbocycles. The smallest absolute Gasteiger partial charge is 0.222 e. The Labute approximate surface area is 172 Å². The molecule has 2 aromatic carbocycles. The van der Waals surface area contributed by atoms with Crippen LogP contribution in [-0.2, 0) is 9.59 Å². The van der Waals surface area contributed by atoms with Gasteiger partial charge >= 0.3 is 0 Å². The minimum absolute atomic E-state index is 0.0210. The van der Waals surface area contributed by atoms with Crippen molar-refractivity contribution in [3.8, 4) is 0 Å². The van der Waals surface area contributed by atoms with Crippen LogP contribution in [0.15, 0.2) is 48.5 Å². The summed E-state index contributed by atoms with van der Waals surface area (Å²) in [5.74, 6) is -0.0678. The number of nitrogens with zero attached hydrogens (tertiary/aromatic N) is 1. The number of carbonyl (C=O) groups excluding carboxylic acids is 3. The van der Waals surface area contributed by atoms with Crippen LogP contribution in [0.4, 0.5) is 0 Å². The predicted octanol–water partition coefficient (Wildman–Crippen LogP) is 3.75. The highest BCUT2D eigenvalue weighted by molar-refractivity contribution is 5.99. The lowest BCUT2D eigenvalue weighted by molar-refractivity contribution is -0.129. The van der Waals surface area contributed by atoms with Crippen molar-refractivity contribution in [1.29, 1.82) is 0 Å². The third-order valence-electron chi connectivity index (χ3n) is 5.38. The molecular weight excluding hydrogens is 364 g/mol. The topological polar surface area (TPSA) is 66.5 Å². The van der Waals surface area contributed by atoms with Crippen LogP contribution >= 0.6 is 0 Å². The van der Waals surface area contributed by atoms with Crippen molar-refractivity contribution >= 4 is 17.6 Å². The predicted molar refractivity (Wildman–Crippen MR) is 113 cm³/mol. The van der Waals surface area contributed by atoms with Crippen LogP contribution in [0.25, 0.3) is 0 Å². The molecule has 29 heavy (non-hydrogen) atoms. The maximum absolute atomic E-state index is 12.6. The summed E-state index contributed by atoms with van der Waals surface area (Å²) in [5, 5.41) is 3.03. The van der Waals surface area contributed by atoms with Crippen molar-refractivity contribution in [2.24, 2.45) is 0 Å². The molecular formula is C24H28N2O3. The van der Waals surface area contributed by atoms with Gasteiger partial charge in [-0.1, -0.05) is 48.0 Å². The van der Waals surface area contributed by atoms with E-state index < -0.39 is 0 Å². The van der Waals surface area contributed by atoms with Gasteiger partial charge in [-0.3, -0.25) is 14.4 Å². The van der Waals surface area contributed by atoms with Crippen molar-refractivity contribution in [3.05, 3.63) is 70.8 Å². The lowest BCUT2D eigenvalue weighted by Crippen LogP contribution is -2.38. The van der Waals surface area contributed by atoms with E-state index in [4.69, 9.17) is 0 Å². The van der Waals surface area contributed by atoms with Gasteiger partial charge in [0.15, 0.2) is 5.78 Å². The molecule has 5 nitrogen and oxygen atoms in total. The lowest BCUT2D eigenvalue weighted by atomic mass is 9.99. The largest absolute Gasteiger partial charge is 0.347 e. The Morgan fingerprint density at radius 1 is 1.07 bits per heavy atom. The van der Waals surface area contributed by atoms with Crippen LogP contribution in [0.5, 0.6) is 0 Å². The molecule has 1 aliphatic rings. The van der Waals surface area contributed by atoms with Crippen LogP contribution in [0.2, 0.25) is 0 Å². The van der Waals surface area contributed by atoms with Crippen LogP contribution in [0.3, 0.4) is 0 Å². The summed E-state index contributed by atoms with van der Waals surface area (Å²) >= 11 is 0. The zero-order valence-electron chi connectivity index (χ0n) is 17.1. The Morgan fingerprint density at radius 2 is 1.83 bits per heavy atom. The van der Waals surface area contributed by atoms with Crippen molar-refractivity contribution in [3.63, 3.8) is 0 Å². The highest BCUT2D eigenvalue weighted by Crippen LogP contribution is 2.19. The van der Waals surface area contributed by atoms with E-state index in [0.29, 0.717) is 18.5 Å². The molecule has 1 aliphatic heterocycles. The minimum Gasteiger partial charge on any atom is -0.347 e. The molecule has 1 heterocycles. The molecule has 2 aromatic rings. The van der Waals surface area contributed by atoms with Gasteiger partial charge in [0.1, 0.15) is 0 Å². The molecule has 152 valence electrons. The molecule has 0 unspecified atom stereocenters. The van der Waals surface area contributed by atoms with Crippen LogP contribution < -0.4 is 5.32 Å². The second-order valence-corrected chi connectivity index (χ2v) is 7.72. The Hall–Kier alpha value is -2.95. The zero-order chi connectivity index (χ0) is 20.8. The number of Topliss-reactive ketones (excluding diaryl/α,β-unsaturated/α-hetero) is 1. The molecule has 5 heteroatoms. The second-order valence-electron chi connectivity index (χ2n) is 7.72. The van der Waals surface area contributed by atoms with Crippen LogP contribution in [-0.4, -0.2) is 35.6 Å². The molecule has 1 fully saturated rings. The third-order valence-corrected chi connectivity index (χ3v) is 5.38. The molecule has 0 spiro atoms. The highest BCUT2D eigenvalue weighted by atomic mass is 16.2. The SMILES string of the molecule is Cc1ccc(C)c(C(=O)CCC(=O)N[C@H](CN2CCCC2=O)c2ccccc2)c1. The van der Waals surface area contributed by atoms with Crippen molar-refractivity contribution < 1.29 is 14.4 Å². The maximum Gasteiger partial charge on any atom is 0.222 e. The highest BCUT2D eigenvalue weighted by Gasteiger charge is 2.25. The Kier molecular flexibility index (Phi) is 6.81. The number of hydrogen-bond donors (Lipinski definition) is 1. The number of hydrogen-bond acceptors (Lipinski definition) is 3.